The zero-order chi connectivity index (χ0) is 9.84. The number of carbonyl (C=O) groups excluding carboxylic acids is 1. The van der Waals surface area contributed by atoms with E-state index in [0.717, 1.165) is 6.29 Å². The van der Waals surface area contributed by atoms with Crippen LogP contribution in [0.25, 0.3) is 0 Å². The molecule has 13 heavy (non-hydrogen) atoms. The number of ether oxygens (including phenoxy) is 1. The van der Waals surface area contributed by atoms with Crippen molar-refractivity contribution in [2.24, 2.45) is 0 Å². The SMILES string of the molecule is COc1cc(CC=O)c(Cl)cc1O. The Bertz CT molecular complexity index is 323. The second-order valence-electron chi connectivity index (χ2n) is 2.49. The van der Waals surface area contributed by atoms with Crippen LogP contribution in [0, 0.1) is 0 Å². The molecule has 0 saturated heterocycles. The number of hydrogen-bond acceptors (Lipinski definition) is 3. The smallest absolute Gasteiger partial charge is 0.160 e. The van der Waals surface area contributed by atoms with E-state index in [4.69, 9.17) is 16.3 Å². The van der Waals surface area contributed by atoms with Gasteiger partial charge in [0.05, 0.1) is 7.11 Å². The van der Waals surface area contributed by atoms with Crippen LogP contribution in [0.15, 0.2) is 12.1 Å². The summed E-state index contributed by atoms with van der Waals surface area (Å²) in [4.78, 5) is 10.2. The van der Waals surface area contributed by atoms with Gasteiger partial charge in [-0.2, -0.15) is 0 Å². The molecule has 0 heterocycles. The summed E-state index contributed by atoms with van der Waals surface area (Å²) in [6.07, 6.45) is 0.965. The van der Waals surface area contributed by atoms with Crippen LogP contribution in [-0.4, -0.2) is 18.5 Å². The van der Waals surface area contributed by atoms with Crippen molar-refractivity contribution in [1.82, 2.24) is 0 Å². The molecule has 3 nitrogen and oxygen atoms in total. The van der Waals surface area contributed by atoms with Gasteiger partial charge in [0.25, 0.3) is 0 Å². The van der Waals surface area contributed by atoms with E-state index in [1.165, 1.54) is 13.2 Å². The summed E-state index contributed by atoms with van der Waals surface area (Å²) >= 11 is 5.76. The Morgan fingerprint density at radius 1 is 1.62 bits per heavy atom. The molecule has 1 N–H and O–H groups in total. The lowest BCUT2D eigenvalue weighted by Gasteiger charge is -2.06. The number of aromatic hydroxyl groups is 1. The van der Waals surface area contributed by atoms with E-state index < -0.39 is 0 Å². The number of rotatable bonds is 3. The number of benzene rings is 1. The zero-order valence-corrected chi connectivity index (χ0v) is 7.84. The number of halogens is 1. The van der Waals surface area contributed by atoms with Gasteiger partial charge in [0.2, 0.25) is 0 Å². The molecule has 1 rings (SSSR count). The van der Waals surface area contributed by atoms with Crippen LogP contribution in [0.3, 0.4) is 0 Å². The molecule has 1 aromatic rings. The molecule has 0 aromatic heterocycles. The molecule has 1 aromatic carbocycles. The highest BCUT2D eigenvalue weighted by Gasteiger charge is 2.07. The lowest BCUT2D eigenvalue weighted by Crippen LogP contribution is -1.90. The fourth-order valence-electron chi connectivity index (χ4n) is 0.995. The first-order chi connectivity index (χ1) is 6.19. The fraction of sp³-hybridized carbons (Fsp3) is 0.222. The highest BCUT2D eigenvalue weighted by Crippen LogP contribution is 2.31. The van der Waals surface area contributed by atoms with Crippen molar-refractivity contribution in [3.63, 3.8) is 0 Å². The number of carbonyl (C=O) groups is 1. The second-order valence-corrected chi connectivity index (χ2v) is 2.89. The molecule has 0 aliphatic carbocycles. The van der Waals surface area contributed by atoms with Crippen molar-refractivity contribution in [3.8, 4) is 11.5 Å². The van der Waals surface area contributed by atoms with E-state index in [0.29, 0.717) is 16.3 Å². The van der Waals surface area contributed by atoms with Crippen LogP contribution in [-0.2, 0) is 11.2 Å². The monoisotopic (exact) mass is 200 g/mol. The minimum absolute atomic E-state index is 0.0258. The first-order valence-electron chi connectivity index (χ1n) is 3.68. The molecule has 0 saturated carbocycles. The maximum absolute atomic E-state index is 10.2. The maximum atomic E-state index is 10.2. The number of methoxy groups -OCH3 is 1. The third-order valence-electron chi connectivity index (χ3n) is 1.65. The van der Waals surface area contributed by atoms with Crippen molar-refractivity contribution in [1.29, 1.82) is 0 Å². The van der Waals surface area contributed by atoms with Crippen LogP contribution in [0.5, 0.6) is 11.5 Å². The Morgan fingerprint density at radius 3 is 2.85 bits per heavy atom. The second kappa shape index (κ2) is 4.14. The molecule has 0 bridgehead atoms. The summed E-state index contributed by atoms with van der Waals surface area (Å²) in [5.74, 6) is 0.295. The van der Waals surface area contributed by atoms with Crippen LogP contribution in [0.4, 0.5) is 0 Å². The van der Waals surface area contributed by atoms with Crippen molar-refractivity contribution >= 4 is 17.9 Å². The molecule has 0 aliphatic rings. The minimum atomic E-state index is -0.0258. The number of phenolic OH excluding ortho intramolecular Hbond substituents is 1. The van der Waals surface area contributed by atoms with Crippen molar-refractivity contribution in [2.45, 2.75) is 6.42 Å². The summed E-state index contributed by atoms with van der Waals surface area (Å²) in [7, 11) is 1.44. The van der Waals surface area contributed by atoms with Gasteiger partial charge in [-0.3, -0.25) is 0 Å². The lowest BCUT2D eigenvalue weighted by molar-refractivity contribution is -0.107. The van der Waals surface area contributed by atoms with E-state index in [1.807, 2.05) is 0 Å². The average molecular weight is 201 g/mol. The average Bonchev–Trinajstić information content (AvgIpc) is 2.10. The minimum Gasteiger partial charge on any atom is -0.504 e. The van der Waals surface area contributed by atoms with Gasteiger partial charge in [-0.1, -0.05) is 11.6 Å². The van der Waals surface area contributed by atoms with Crippen LogP contribution in [0.1, 0.15) is 5.56 Å². The topological polar surface area (TPSA) is 46.5 Å². The van der Waals surface area contributed by atoms with Gasteiger partial charge in [0, 0.05) is 17.5 Å². The van der Waals surface area contributed by atoms with Crippen LogP contribution in [0.2, 0.25) is 5.02 Å². The Hall–Kier alpha value is -1.22. The van der Waals surface area contributed by atoms with Gasteiger partial charge in [0.1, 0.15) is 6.29 Å². The molecule has 0 amide bonds. The van der Waals surface area contributed by atoms with Crippen molar-refractivity contribution in [2.75, 3.05) is 7.11 Å². The predicted octanol–water partition coefficient (Wildman–Crippen LogP) is 1.80. The third kappa shape index (κ3) is 2.12. The summed E-state index contributed by atoms with van der Waals surface area (Å²) < 4.78 is 4.86. The fourth-order valence-corrected chi connectivity index (χ4v) is 1.23. The van der Waals surface area contributed by atoms with Crippen molar-refractivity contribution < 1.29 is 14.6 Å². The molecule has 0 radical (unpaired) electrons. The lowest BCUT2D eigenvalue weighted by atomic mass is 10.1. The summed E-state index contributed by atoms with van der Waals surface area (Å²) in [5.41, 5.74) is 0.645. The first-order valence-corrected chi connectivity index (χ1v) is 4.06. The molecule has 0 spiro atoms. The van der Waals surface area contributed by atoms with Crippen LogP contribution >= 0.6 is 11.6 Å². The molecule has 70 valence electrons. The standard InChI is InChI=1S/C9H9ClO3/c1-13-9-4-6(2-3-11)7(10)5-8(9)12/h3-5,12H,2H2,1H3. The number of hydrogen-bond donors (Lipinski definition) is 1. The largest absolute Gasteiger partial charge is 0.504 e. The van der Waals surface area contributed by atoms with E-state index >= 15 is 0 Å². The highest BCUT2D eigenvalue weighted by atomic mass is 35.5. The quantitative estimate of drug-likeness (QED) is 0.757. The Morgan fingerprint density at radius 2 is 2.31 bits per heavy atom. The Balaban J connectivity index is 3.13. The number of aldehydes is 1. The molecular weight excluding hydrogens is 192 g/mol. The van der Waals surface area contributed by atoms with Crippen LogP contribution < -0.4 is 4.74 Å². The molecular formula is C9H9ClO3. The number of phenols is 1. The van der Waals surface area contributed by atoms with E-state index in [1.54, 1.807) is 6.07 Å². The first kappa shape index (κ1) is 9.86. The van der Waals surface area contributed by atoms with E-state index in [-0.39, 0.29) is 12.2 Å². The van der Waals surface area contributed by atoms with Gasteiger partial charge >= 0.3 is 0 Å². The van der Waals surface area contributed by atoms with Gasteiger partial charge in [-0.25, -0.2) is 0 Å². The van der Waals surface area contributed by atoms with Crippen molar-refractivity contribution in [3.05, 3.63) is 22.7 Å². The summed E-state index contributed by atoms with van der Waals surface area (Å²) in [6, 6.07) is 2.91. The molecule has 4 heteroatoms. The van der Waals surface area contributed by atoms with E-state index in [2.05, 4.69) is 0 Å². The van der Waals surface area contributed by atoms with E-state index in [9.17, 15) is 9.90 Å². The summed E-state index contributed by atoms with van der Waals surface area (Å²) in [6.45, 7) is 0. The maximum Gasteiger partial charge on any atom is 0.160 e. The van der Waals surface area contributed by atoms with Gasteiger partial charge in [-0.05, 0) is 11.6 Å². The third-order valence-corrected chi connectivity index (χ3v) is 2.00. The Kier molecular flexibility index (Phi) is 3.14. The molecule has 0 unspecified atom stereocenters. The summed E-state index contributed by atoms with van der Waals surface area (Å²) in [5, 5.41) is 9.65. The Labute approximate surface area is 80.9 Å². The molecule has 0 aliphatic heterocycles. The zero-order valence-electron chi connectivity index (χ0n) is 7.08. The van der Waals surface area contributed by atoms with Gasteiger partial charge in [0.15, 0.2) is 11.5 Å². The predicted molar refractivity (Wildman–Crippen MR) is 49.4 cm³/mol. The van der Waals surface area contributed by atoms with Gasteiger partial charge in [-0.15, -0.1) is 0 Å². The normalized spacial score (nSPS) is 9.69. The molecule has 0 atom stereocenters. The highest BCUT2D eigenvalue weighted by molar-refractivity contribution is 6.31. The van der Waals surface area contributed by atoms with Gasteiger partial charge < -0.3 is 14.6 Å². The molecule has 0 fully saturated rings.